The number of carbonyl (C=O) groups excluding carboxylic acids is 1. The van der Waals surface area contributed by atoms with Crippen molar-refractivity contribution in [2.24, 2.45) is 0 Å². The van der Waals surface area contributed by atoms with Crippen LogP contribution >= 0.6 is 15.9 Å². The van der Waals surface area contributed by atoms with E-state index in [1.807, 2.05) is 0 Å². The molecule has 0 saturated heterocycles. The number of hydrazine groups is 1. The molecule has 0 bridgehead atoms. The fourth-order valence-electron chi connectivity index (χ4n) is 0.905. The number of halogens is 2. The second kappa shape index (κ2) is 4.52. The van der Waals surface area contributed by atoms with Crippen molar-refractivity contribution in [3.63, 3.8) is 0 Å². The lowest BCUT2D eigenvalue weighted by Gasteiger charge is -2.11. The van der Waals surface area contributed by atoms with E-state index in [9.17, 15) is 9.18 Å². The molecular formula is C9H10BrFN2O. The fraction of sp³-hybridized carbons (Fsp3) is 0.222. The van der Waals surface area contributed by atoms with Crippen LogP contribution in [-0.2, 0) is 0 Å². The average Bonchev–Trinajstić information content (AvgIpc) is 2.08. The van der Waals surface area contributed by atoms with Crippen LogP contribution in [0.25, 0.3) is 0 Å². The Labute approximate surface area is 90.0 Å². The lowest BCUT2D eigenvalue weighted by Crippen LogP contribution is -2.36. The van der Waals surface area contributed by atoms with Crippen LogP contribution in [0, 0.1) is 5.82 Å². The van der Waals surface area contributed by atoms with Gasteiger partial charge in [-0.15, -0.1) is 0 Å². The number of rotatable bonds is 2. The average molecular weight is 261 g/mol. The number of carbonyl (C=O) groups is 1. The van der Waals surface area contributed by atoms with E-state index < -0.39 is 5.82 Å². The lowest BCUT2D eigenvalue weighted by molar-refractivity contribution is 0.0856. The number of nitrogens with one attached hydrogen (secondary N) is 1. The van der Waals surface area contributed by atoms with Crippen LogP contribution in [0.2, 0.25) is 0 Å². The van der Waals surface area contributed by atoms with Crippen LogP contribution in [0.3, 0.4) is 0 Å². The number of amides is 1. The van der Waals surface area contributed by atoms with Crippen molar-refractivity contribution in [2.45, 2.75) is 0 Å². The van der Waals surface area contributed by atoms with Gasteiger partial charge < -0.3 is 0 Å². The summed E-state index contributed by atoms with van der Waals surface area (Å²) in [5.74, 6) is -0.780. The van der Waals surface area contributed by atoms with Gasteiger partial charge in [-0.25, -0.2) is 9.40 Å². The molecule has 76 valence electrons. The zero-order valence-electron chi connectivity index (χ0n) is 7.84. The molecule has 5 heteroatoms. The molecule has 0 saturated carbocycles. The highest BCUT2D eigenvalue weighted by Gasteiger charge is 2.08. The van der Waals surface area contributed by atoms with Gasteiger partial charge in [-0.1, -0.05) is 0 Å². The van der Waals surface area contributed by atoms with Gasteiger partial charge in [0.15, 0.2) is 0 Å². The lowest BCUT2D eigenvalue weighted by atomic mass is 10.2. The van der Waals surface area contributed by atoms with Crippen molar-refractivity contribution < 1.29 is 9.18 Å². The second-order valence-corrected chi connectivity index (χ2v) is 3.82. The Bertz CT molecular complexity index is 355. The number of hydrogen-bond donors (Lipinski definition) is 1. The third-order valence-electron chi connectivity index (χ3n) is 1.51. The second-order valence-electron chi connectivity index (χ2n) is 2.96. The van der Waals surface area contributed by atoms with Crippen LogP contribution in [0.15, 0.2) is 22.7 Å². The van der Waals surface area contributed by atoms with Gasteiger partial charge in [-0.05, 0) is 34.1 Å². The standard InChI is InChI=1S/C9H10BrFN2O/c1-13(2)12-9(14)6-3-4-7(10)8(11)5-6/h3-5H,1-2H3,(H,12,14). The maximum absolute atomic E-state index is 13.0. The van der Waals surface area contributed by atoms with E-state index in [0.29, 0.717) is 10.0 Å². The molecule has 1 aromatic carbocycles. The SMILES string of the molecule is CN(C)NC(=O)c1ccc(Br)c(F)c1. The van der Waals surface area contributed by atoms with Crippen molar-refractivity contribution in [3.05, 3.63) is 34.1 Å². The summed E-state index contributed by atoms with van der Waals surface area (Å²) in [6.45, 7) is 0. The molecule has 1 aromatic rings. The van der Waals surface area contributed by atoms with Gasteiger partial charge in [-0.2, -0.15) is 0 Å². The van der Waals surface area contributed by atoms with E-state index in [-0.39, 0.29) is 5.91 Å². The summed E-state index contributed by atoms with van der Waals surface area (Å²) in [6.07, 6.45) is 0. The molecule has 0 aromatic heterocycles. The molecule has 0 atom stereocenters. The molecule has 0 aliphatic carbocycles. The first-order chi connectivity index (χ1) is 6.50. The summed E-state index contributed by atoms with van der Waals surface area (Å²) in [6, 6.07) is 4.23. The van der Waals surface area contributed by atoms with Crippen LogP contribution in [-0.4, -0.2) is 25.0 Å². The molecule has 0 heterocycles. The topological polar surface area (TPSA) is 32.3 Å². The molecule has 0 fully saturated rings. The predicted octanol–water partition coefficient (Wildman–Crippen LogP) is 1.79. The summed E-state index contributed by atoms with van der Waals surface area (Å²) in [4.78, 5) is 11.4. The van der Waals surface area contributed by atoms with Gasteiger partial charge in [0, 0.05) is 19.7 Å². The number of hydrogen-bond acceptors (Lipinski definition) is 2. The maximum Gasteiger partial charge on any atom is 0.265 e. The first-order valence-electron chi connectivity index (χ1n) is 3.94. The van der Waals surface area contributed by atoms with Crippen molar-refractivity contribution in [1.29, 1.82) is 0 Å². The first kappa shape index (κ1) is 11.1. The third-order valence-corrected chi connectivity index (χ3v) is 2.15. The highest BCUT2D eigenvalue weighted by atomic mass is 79.9. The summed E-state index contributed by atoms with van der Waals surface area (Å²) >= 11 is 3.01. The molecule has 1 N–H and O–H groups in total. The van der Waals surface area contributed by atoms with Gasteiger partial charge in [0.1, 0.15) is 5.82 Å². The quantitative estimate of drug-likeness (QED) is 0.823. The van der Waals surface area contributed by atoms with E-state index in [4.69, 9.17) is 0 Å². The molecule has 0 aliphatic rings. The Hall–Kier alpha value is -0.940. The molecule has 0 aliphatic heterocycles. The van der Waals surface area contributed by atoms with Crippen molar-refractivity contribution in [2.75, 3.05) is 14.1 Å². The summed E-state index contributed by atoms with van der Waals surface area (Å²) in [5.41, 5.74) is 2.81. The molecule has 0 unspecified atom stereocenters. The van der Waals surface area contributed by atoms with Crippen molar-refractivity contribution >= 4 is 21.8 Å². The molecule has 0 radical (unpaired) electrons. The van der Waals surface area contributed by atoms with E-state index in [0.717, 1.165) is 0 Å². The van der Waals surface area contributed by atoms with E-state index in [2.05, 4.69) is 21.4 Å². The predicted molar refractivity (Wildman–Crippen MR) is 55.3 cm³/mol. The van der Waals surface area contributed by atoms with Crippen molar-refractivity contribution in [3.8, 4) is 0 Å². The highest BCUT2D eigenvalue weighted by Crippen LogP contribution is 2.16. The van der Waals surface area contributed by atoms with Crippen LogP contribution < -0.4 is 5.43 Å². The first-order valence-corrected chi connectivity index (χ1v) is 4.73. The van der Waals surface area contributed by atoms with Crippen LogP contribution in [0.1, 0.15) is 10.4 Å². The van der Waals surface area contributed by atoms with E-state index in [1.54, 1.807) is 20.2 Å². The fourth-order valence-corrected chi connectivity index (χ4v) is 1.15. The minimum atomic E-state index is -0.448. The minimum Gasteiger partial charge on any atom is -0.285 e. The third kappa shape index (κ3) is 2.78. The number of nitrogens with zero attached hydrogens (tertiary/aromatic N) is 1. The largest absolute Gasteiger partial charge is 0.285 e. The Kier molecular flexibility index (Phi) is 3.60. The van der Waals surface area contributed by atoms with Gasteiger partial charge in [-0.3, -0.25) is 10.2 Å². The Morgan fingerprint density at radius 3 is 2.64 bits per heavy atom. The van der Waals surface area contributed by atoms with Gasteiger partial charge in [0.2, 0.25) is 0 Å². The van der Waals surface area contributed by atoms with Gasteiger partial charge >= 0.3 is 0 Å². The van der Waals surface area contributed by atoms with Gasteiger partial charge in [0.25, 0.3) is 5.91 Å². The van der Waals surface area contributed by atoms with Gasteiger partial charge in [0.05, 0.1) is 4.47 Å². The normalized spacial score (nSPS) is 10.4. The molecule has 1 amide bonds. The van der Waals surface area contributed by atoms with Crippen LogP contribution in [0.4, 0.5) is 4.39 Å². The Morgan fingerprint density at radius 1 is 1.50 bits per heavy atom. The molecule has 14 heavy (non-hydrogen) atoms. The smallest absolute Gasteiger partial charge is 0.265 e. The molecule has 3 nitrogen and oxygen atoms in total. The Morgan fingerprint density at radius 2 is 2.14 bits per heavy atom. The summed E-state index contributed by atoms with van der Waals surface area (Å²) in [5, 5.41) is 1.50. The molecule has 0 spiro atoms. The maximum atomic E-state index is 13.0. The monoisotopic (exact) mass is 260 g/mol. The zero-order chi connectivity index (χ0) is 10.7. The zero-order valence-corrected chi connectivity index (χ0v) is 9.43. The highest BCUT2D eigenvalue weighted by molar-refractivity contribution is 9.10. The summed E-state index contributed by atoms with van der Waals surface area (Å²) < 4.78 is 13.4. The van der Waals surface area contributed by atoms with E-state index in [1.165, 1.54) is 17.1 Å². The van der Waals surface area contributed by atoms with E-state index >= 15 is 0 Å². The molecular weight excluding hydrogens is 251 g/mol. The Balaban J connectivity index is 2.86. The van der Waals surface area contributed by atoms with Crippen molar-refractivity contribution in [1.82, 2.24) is 10.4 Å². The minimum absolute atomic E-state index is 0.291. The molecule has 1 rings (SSSR count). The van der Waals surface area contributed by atoms with Crippen LogP contribution in [0.5, 0.6) is 0 Å². The number of benzene rings is 1. The summed E-state index contributed by atoms with van der Waals surface area (Å²) in [7, 11) is 3.38.